The fourth-order valence-corrected chi connectivity index (χ4v) is 2.08. The zero-order valence-corrected chi connectivity index (χ0v) is 13.4. The summed E-state index contributed by atoms with van der Waals surface area (Å²) in [5.41, 5.74) is 0.991. The molecule has 1 atom stereocenters. The molecular weight excluding hydrogens is 323 g/mol. The first-order valence-corrected chi connectivity index (χ1v) is 7.01. The van der Waals surface area contributed by atoms with Crippen LogP contribution in [-0.4, -0.2) is 51.3 Å². The standard InChI is InChI=1S/C14H17FN4O5/c1-8-4-11(13(23-3)16-5-8)18-9(2)12(19(21)22)14(17-18)24-7-10(15)6-20/h4-5,10,20H,6-7H2,1-3H3. The Balaban J connectivity index is 2.52. The number of aliphatic hydroxyl groups is 1. The van der Waals surface area contributed by atoms with Gasteiger partial charge in [-0.3, -0.25) is 10.1 Å². The van der Waals surface area contributed by atoms with Crippen LogP contribution in [0.15, 0.2) is 12.3 Å². The van der Waals surface area contributed by atoms with Gasteiger partial charge >= 0.3 is 11.6 Å². The highest BCUT2D eigenvalue weighted by Crippen LogP contribution is 2.33. The molecule has 0 spiro atoms. The highest BCUT2D eigenvalue weighted by atomic mass is 19.1. The third-order valence-corrected chi connectivity index (χ3v) is 3.23. The SMILES string of the molecule is COc1ncc(C)cc1-n1nc(OCC(F)CO)c([N+](=O)[O-])c1C. The number of aliphatic hydroxyl groups excluding tert-OH is 1. The van der Waals surface area contributed by atoms with Crippen molar-refractivity contribution in [1.29, 1.82) is 0 Å². The second-order valence-electron chi connectivity index (χ2n) is 5.04. The number of pyridine rings is 1. The molecule has 9 nitrogen and oxygen atoms in total. The minimum Gasteiger partial charge on any atom is -0.479 e. The highest BCUT2D eigenvalue weighted by molar-refractivity contribution is 5.52. The van der Waals surface area contributed by atoms with Crippen molar-refractivity contribution in [3.05, 3.63) is 33.6 Å². The van der Waals surface area contributed by atoms with Crippen molar-refractivity contribution >= 4 is 5.69 Å². The van der Waals surface area contributed by atoms with E-state index in [0.29, 0.717) is 5.69 Å². The number of hydrogen-bond acceptors (Lipinski definition) is 7. The van der Waals surface area contributed by atoms with Crippen LogP contribution in [-0.2, 0) is 0 Å². The lowest BCUT2D eigenvalue weighted by Gasteiger charge is -2.09. The molecule has 0 saturated carbocycles. The van der Waals surface area contributed by atoms with Gasteiger partial charge in [0.2, 0.25) is 5.88 Å². The van der Waals surface area contributed by atoms with Gasteiger partial charge in [0, 0.05) is 6.20 Å². The molecule has 0 aromatic carbocycles. The lowest BCUT2D eigenvalue weighted by Crippen LogP contribution is -2.17. The van der Waals surface area contributed by atoms with Gasteiger partial charge in [0.25, 0.3) is 0 Å². The van der Waals surface area contributed by atoms with E-state index in [4.69, 9.17) is 14.6 Å². The van der Waals surface area contributed by atoms with Crippen molar-refractivity contribution in [2.45, 2.75) is 20.0 Å². The molecule has 2 rings (SSSR count). The van der Waals surface area contributed by atoms with Gasteiger partial charge in [-0.2, -0.15) is 0 Å². The summed E-state index contributed by atoms with van der Waals surface area (Å²) >= 11 is 0. The number of methoxy groups -OCH3 is 1. The van der Waals surface area contributed by atoms with E-state index < -0.39 is 24.3 Å². The Morgan fingerprint density at radius 2 is 2.17 bits per heavy atom. The second kappa shape index (κ2) is 7.21. The Labute approximate surface area is 136 Å². The molecule has 24 heavy (non-hydrogen) atoms. The van der Waals surface area contributed by atoms with Crippen molar-refractivity contribution in [2.24, 2.45) is 0 Å². The Kier molecular flexibility index (Phi) is 5.29. The lowest BCUT2D eigenvalue weighted by molar-refractivity contribution is -0.386. The smallest absolute Gasteiger partial charge is 0.353 e. The summed E-state index contributed by atoms with van der Waals surface area (Å²) in [7, 11) is 1.42. The Morgan fingerprint density at radius 3 is 2.75 bits per heavy atom. The number of nitro groups is 1. The molecule has 0 aliphatic rings. The van der Waals surface area contributed by atoms with Gasteiger partial charge < -0.3 is 14.6 Å². The van der Waals surface area contributed by atoms with E-state index in [0.717, 1.165) is 5.56 Å². The molecule has 1 unspecified atom stereocenters. The summed E-state index contributed by atoms with van der Waals surface area (Å²) in [5.74, 6) is -0.108. The first kappa shape index (κ1) is 17.6. The van der Waals surface area contributed by atoms with Crippen LogP contribution in [0.4, 0.5) is 10.1 Å². The number of aryl methyl sites for hydroxylation is 1. The molecule has 0 aliphatic carbocycles. The maximum absolute atomic E-state index is 13.1. The maximum Gasteiger partial charge on any atom is 0.353 e. The van der Waals surface area contributed by atoms with Gasteiger partial charge in [-0.25, -0.2) is 14.1 Å². The number of halogens is 1. The summed E-state index contributed by atoms with van der Waals surface area (Å²) in [6.07, 6.45) is -0.0766. The summed E-state index contributed by atoms with van der Waals surface area (Å²) in [6.45, 7) is 1.99. The van der Waals surface area contributed by atoms with E-state index in [1.165, 1.54) is 18.7 Å². The van der Waals surface area contributed by atoms with Crippen molar-refractivity contribution < 1.29 is 23.9 Å². The number of nitrogens with zero attached hydrogens (tertiary/aromatic N) is 4. The highest BCUT2D eigenvalue weighted by Gasteiger charge is 2.29. The van der Waals surface area contributed by atoms with Gasteiger partial charge in [-0.15, -0.1) is 5.10 Å². The van der Waals surface area contributed by atoms with Crippen molar-refractivity contribution in [1.82, 2.24) is 14.8 Å². The fraction of sp³-hybridized carbons (Fsp3) is 0.429. The third kappa shape index (κ3) is 3.43. The number of ether oxygens (including phenoxy) is 2. The quantitative estimate of drug-likeness (QED) is 0.600. The second-order valence-corrected chi connectivity index (χ2v) is 5.04. The van der Waals surface area contributed by atoms with E-state index in [2.05, 4.69) is 10.1 Å². The summed E-state index contributed by atoms with van der Waals surface area (Å²) in [5, 5.41) is 24.0. The van der Waals surface area contributed by atoms with Crippen LogP contribution in [0.2, 0.25) is 0 Å². The van der Waals surface area contributed by atoms with Crippen molar-refractivity contribution in [3.63, 3.8) is 0 Å². The monoisotopic (exact) mass is 340 g/mol. The molecule has 0 amide bonds. The van der Waals surface area contributed by atoms with Gasteiger partial charge in [0.1, 0.15) is 18.0 Å². The zero-order chi connectivity index (χ0) is 17.9. The largest absolute Gasteiger partial charge is 0.479 e. The van der Waals surface area contributed by atoms with Crippen LogP contribution in [0.1, 0.15) is 11.3 Å². The molecule has 0 radical (unpaired) electrons. The van der Waals surface area contributed by atoms with Crippen LogP contribution in [0.5, 0.6) is 11.8 Å². The Bertz CT molecular complexity index is 749. The molecule has 0 bridgehead atoms. The summed E-state index contributed by atoms with van der Waals surface area (Å²) in [6, 6.07) is 1.70. The lowest BCUT2D eigenvalue weighted by atomic mass is 10.3. The molecule has 2 aromatic rings. The van der Waals surface area contributed by atoms with Gasteiger partial charge in [0.15, 0.2) is 6.17 Å². The maximum atomic E-state index is 13.1. The molecule has 0 fully saturated rings. The number of rotatable bonds is 7. The topological polar surface area (TPSA) is 113 Å². The molecule has 2 heterocycles. The average Bonchev–Trinajstić information content (AvgIpc) is 2.89. The summed E-state index contributed by atoms with van der Waals surface area (Å²) in [4.78, 5) is 14.7. The van der Waals surface area contributed by atoms with E-state index >= 15 is 0 Å². The molecule has 1 N–H and O–H groups in total. The third-order valence-electron chi connectivity index (χ3n) is 3.23. The molecule has 0 saturated heterocycles. The minimum absolute atomic E-state index is 0.181. The molecule has 0 aliphatic heterocycles. The molecule has 10 heteroatoms. The number of aromatic nitrogens is 3. The Morgan fingerprint density at radius 1 is 1.46 bits per heavy atom. The van der Waals surface area contributed by atoms with Crippen molar-refractivity contribution in [2.75, 3.05) is 20.3 Å². The number of alkyl halides is 1. The molecular formula is C14H17FN4O5. The van der Waals surface area contributed by atoms with E-state index in [1.807, 2.05) is 0 Å². The molecule has 2 aromatic heterocycles. The minimum atomic E-state index is -1.66. The van der Waals surface area contributed by atoms with Gasteiger partial charge in [0.05, 0.1) is 18.6 Å². The first-order chi connectivity index (χ1) is 11.4. The fourth-order valence-electron chi connectivity index (χ4n) is 2.08. The van der Waals surface area contributed by atoms with Crippen LogP contribution < -0.4 is 9.47 Å². The normalized spacial score (nSPS) is 12.0. The van der Waals surface area contributed by atoms with Crippen LogP contribution in [0.25, 0.3) is 5.69 Å². The predicted octanol–water partition coefficient (Wildman–Crippen LogP) is 1.51. The average molecular weight is 340 g/mol. The van der Waals surface area contributed by atoms with Crippen LogP contribution in [0, 0.1) is 24.0 Å². The first-order valence-electron chi connectivity index (χ1n) is 7.01. The molecule has 130 valence electrons. The Hall–Kier alpha value is -2.75. The van der Waals surface area contributed by atoms with Gasteiger partial charge in [-0.1, -0.05) is 0 Å². The number of hydrogen-bond donors (Lipinski definition) is 1. The zero-order valence-electron chi connectivity index (χ0n) is 13.4. The van der Waals surface area contributed by atoms with Gasteiger partial charge in [-0.05, 0) is 25.5 Å². The van der Waals surface area contributed by atoms with Crippen LogP contribution in [0.3, 0.4) is 0 Å². The van der Waals surface area contributed by atoms with E-state index in [-0.39, 0.29) is 23.1 Å². The predicted molar refractivity (Wildman–Crippen MR) is 81.5 cm³/mol. The van der Waals surface area contributed by atoms with Crippen molar-refractivity contribution in [3.8, 4) is 17.4 Å². The van der Waals surface area contributed by atoms with E-state index in [9.17, 15) is 14.5 Å². The van der Waals surface area contributed by atoms with E-state index in [1.54, 1.807) is 19.2 Å². The summed E-state index contributed by atoms with van der Waals surface area (Å²) < 4.78 is 24.6. The van der Waals surface area contributed by atoms with Crippen LogP contribution >= 0.6 is 0 Å².